The van der Waals surface area contributed by atoms with Gasteiger partial charge < -0.3 is 20.4 Å². The van der Waals surface area contributed by atoms with Crippen molar-refractivity contribution in [2.45, 2.75) is 52.2 Å². The van der Waals surface area contributed by atoms with Crippen molar-refractivity contribution in [2.75, 3.05) is 24.5 Å². The first-order chi connectivity index (χ1) is 16.1. The van der Waals surface area contributed by atoms with Gasteiger partial charge in [-0.3, -0.25) is 9.59 Å². The molecule has 0 bridgehead atoms. The Kier molecular flexibility index (Phi) is 9.74. The highest BCUT2D eigenvalue weighted by molar-refractivity contribution is 14.0. The van der Waals surface area contributed by atoms with E-state index in [4.69, 9.17) is 4.99 Å². The summed E-state index contributed by atoms with van der Waals surface area (Å²) in [6.07, 6.45) is 3.20. The van der Waals surface area contributed by atoms with Crippen molar-refractivity contribution in [1.29, 1.82) is 0 Å². The molecule has 7 nitrogen and oxygen atoms in total. The number of amides is 2. The number of carbonyl (C=O) groups excluding carboxylic acids is 2. The largest absolute Gasteiger partial charge is 0.357 e. The van der Waals surface area contributed by atoms with E-state index in [2.05, 4.69) is 41.0 Å². The maximum atomic E-state index is 11.9. The number of benzene rings is 2. The first-order valence-corrected chi connectivity index (χ1v) is 11.9. The van der Waals surface area contributed by atoms with Crippen molar-refractivity contribution in [3.8, 4) is 0 Å². The molecule has 2 saturated heterocycles. The van der Waals surface area contributed by atoms with Crippen LogP contribution < -0.4 is 15.5 Å². The Bertz CT molecular complexity index is 1010. The average Bonchev–Trinajstić information content (AvgIpc) is 3.44. The molecule has 2 N–H and O–H groups in total. The zero-order valence-electron chi connectivity index (χ0n) is 19.8. The Labute approximate surface area is 219 Å². The van der Waals surface area contributed by atoms with Gasteiger partial charge in [0.25, 0.3) is 0 Å². The number of aliphatic imine (C=N–C) groups is 1. The van der Waals surface area contributed by atoms with E-state index in [-0.39, 0.29) is 35.8 Å². The molecule has 2 aliphatic rings. The molecule has 0 spiro atoms. The van der Waals surface area contributed by atoms with Gasteiger partial charge in [-0.1, -0.05) is 36.4 Å². The number of nitrogens with one attached hydrogen (secondary N) is 2. The van der Waals surface area contributed by atoms with Gasteiger partial charge in [0.05, 0.1) is 6.54 Å². The monoisotopic (exact) mass is 575 g/mol. The third-order valence-electron chi connectivity index (χ3n) is 6.08. The molecule has 8 heteroatoms. The number of carbonyl (C=O) groups is 2. The molecule has 2 aliphatic heterocycles. The van der Waals surface area contributed by atoms with Crippen LogP contribution in [0.1, 0.15) is 49.3 Å². The molecule has 2 aromatic carbocycles. The number of halogens is 1. The van der Waals surface area contributed by atoms with Gasteiger partial charge in [0.2, 0.25) is 11.8 Å². The quantitative estimate of drug-likeness (QED) is 0.285. The Hall–Kier alpha value is -2.62. The lowest BCUT2D eigenvalue weighted by Crippen LogP contribution is -2.36. The van der Waals surface area contributed by atoms with Gasteiger partial charge in [0.1, 0.15) is 0 Å². The summed E-state index contributed by atoms with van der Waals surface area (Å²) in [6.45, 7) is 6.37. The second-order valence-corrected chi connectivity index (χ2v) is 8.60. The molecule has 0 unspecified atom stereocenters. The summed E-state index contributed by atoms with van der Waals surface area (Å²) in [6, 6.07) is 16.5. The number of hydrogen-bond donors (Lipinski definition) is 2. The van der Waals surface area contributed by atoms with Gasteiger partial charge in [0, 0.05) is 51.3 Å². The first kappa shape index (κ1) is 26.0. The lowest BCUT2D eigenvalue weighted by Gasteiger charge is -2.17. The van der Waals surface area contributed by atoms with Gasteiger partial charge in [-0.25, -0.2) is 4.99 Å². The SMILES string of the molecule is CCNC(=NCc1cccc(CN2CCCC2=O)c1)NCc1ccc(N2CCCC2=O)cc1.I. The van der Waals surface area contributed by atoms with Gasteiger partial charge >= 0.3 is 0 Å². The summed E-state index contributed by atoms with van der Waals surface area (Å²) in [4.78, 5) is 32.4. The maximum absolute atomic E-state index is 11.9. The predicted octanol–water partition coefficient (Wildman–Crippen LogP) is 3.81. The molecule has 4 rings (SSSR count). The van der Waals surface area contributed by atoms with Gasteiger partial charge in [0.15, 0.2) is 5.96 Å². The summed E-state index contributed by atoms with van der Waals surface area (Å²) in [5.41, 5.74) is 4.37. The zero-order valence-corrected chi connectivity index (χ0v) is 22.1. The summed E-state index contributed by atoms with van der Waals surface area (Å²) in [5.74, 6) is 1.21. The van der Waals surface area contributed by atoms with Crippen LogP contribution in [0.5, 0.6) is 0 Å². The van der Waals surface area contributed by atoms with Gasteiger partial charge in [-0.2, -0.15) is 0 Å². The van der Waals surface area contributed by atoms with Crippen molar-refractivity contribution < 1.29 is 9.59 Å². The highest BCUT2D eigenvalue weighted by Crippen LogP contribution is 2.21. The van der Waals surface area contributed by atoms with Crippen molar-refractivity contribution in [2.24, 2.45) is 4.99 Å². The summed E-state index contributed by atoms with van der Waals surface area (Å²) < 4.78 is 0. The van der Waals surface area contributed by atoms with Gasteiger partial charge in [-0.05, 0) is 48.6 Å². The molecule has 2 amide bonds. The molecule has 0 saturated carbocycles. The van der Waals surface area contributed by atoms with Crippen molar-refractivity contribution in [1.82, 2.24) is 15.5 Å². The van der Waals surface area contributed by atoms with Crippen LogP contribution in [0.3, 0.4) is 0 Å². The van der Waals surface area contributed by atoms with E-state index in [9.17, 15) is 9.59 Å². The molecule has 34 heavy (non-hydrogen) atoms. The van der Waals surface area contributed by atoms with Crippen molar-refractivity contribution in [3.05, 3.63) is 65.2 Å². The maximum Gasteiger partial charge on any atom is 0.227 e. The van der Waals surface area contributed by atoms with E-state index < -0.39 is 0 Å². The number of likely N-dealkylation sites (tertiary alicyclic amines) is 1. The zero-order chi connectivity index (χ0) is 23.0. The fourth-order valence-corrected chi connectivity index (χ4v) is 4.33. The van der Waals surface area contributed by atoms with Gasteiger partial charge in [-0.15, -0.1) is 24.0 Å². The van der Waals surface area contributed by atoms with E-state index in [1.165, 1.54) is 0 Å². The van der Waals surface area contributed by atoms with Crippen LogP contribution in [-0.4, -0.2) is 42.3 Å². The van der Waals surface area contributed by atoms with Crippen LogP contribution in [-0.2, 0) is 29.2 Å². The number of anilines is 1. The van der Waals surface area contributed by atoms with E-state index in [0.29, 0.717) is 32.5 Å². The van der Waals surface area contributed by atoms with E-state index in [1.807, 2.05) is 34.9 Å². The minimum absolute atomic E-state index is 0. The fourth-order valence-electron chi connectivity index (χ4n) is 4.33. The highest BCUT2D eigenvalue weighted by Gasteiger charge is 2.21. The third-order valence-corrected chi connectivity index (χ3v) is 6.08. The summed E-state index contributed by atoms with van der Waals surface area (Å²) >= 11 is 0. The molecule has 0 radical (unpaired) electrons. The molecule has 0 aliphatic carbocycles. The molecular weight excluding hydrogens is 541 g/mol. The Balaban J connectivity index is 0.00000324. The van der Waals surface area contributed by atoms with Crippen LogP contribution in [0.2, 0.25) is 0 Å². The lowest BCUT2D eigenvalue weighted by atomic mass is 10.1. The minimum Gasteiger partial charge on any atom is -0.357 e. The first-order valence-electron chi connectivity index (χ1n) is 11.9. The van der Waals surface area contributed by atoms with E-state index in [1.54, 1.807) is 0 Å². The van der Waals surface area contributed by atoms with E-state index >= 15 is 0 Å². The lowest BCUT2D eigenvalue weighted by molar-refractivity contribution is -0.128. The number of hydrogen-bond acceptors (Lipinski definition) is 3. The van der Waals surface area contributed by atoms with Crippen LogP contribution >= 0.6 is 24.0 Å². The Morgan fingerprint density at radius 2 is 1.65 bits per heavy atom. The molecule has 2 aromatic rings. The van der Waals surface area contributed by atoms with Crippen LogP contribution in [0, 0.1) is 0 Å². The summed E-state index contributed by atoms with van der Waals surface area (Å²) in [5, 5.41) is 6.69. The average molecular weight is 575 g/mol. The molecule has 0 aromatic heterocycles. The molecular formula is C26H34IN5O2. The highest BCUT2D eigenvalue weighted by atomic mass is 127. The summed E-state index contributed by atoms with van der Waals surface area (Å²) in [7, 11) is 0. The molecule has 0 atom stereocenters. The Morgan fingerprint density at radius 1 is 0.912 bits per heavy atom. The van der Waals surface area contributed by atoms with Crippen LogP contribution in [0.15, 0.2) is 53.5 Å². The number of guanidine groups is 1. The standard InChI is InChI=1S/C26H33N5O2.HI/c1-2-27-26(28-17-20-10-12-23(13-11-20)31-15-5-9-25(31)33)29-18-21-6-3-7-22(16-21)19-30-14-4-8-24(30)32;/h3,6-7,10-13,16H,2,4-5,8-9,14-15,17-19H2,1H3,(H2,27,28,29);1H. The predicted molar refractivity (Wildman–Crippen MR) is 146 cm³/mol. The number of rotatable bonds is 8. The normalized spacial score (nSPS) is 16.1. The van der Waals surface area contributed by atoms with Crippen LogP contribution in [0.4, 0.5) is 5.69 Å². The topological polar surface area (TPSA) is 77.0 Å². The second kappa shape index (κ2) is 12.7. The number of nitrogens with zero attached hydrogens (tertiary/aromatic N) is 3. The van der Waals surface area contributed by atoms with Crippen molar-refractivity contribution in [3.63, 3.8) is 0 Å². The fraction of sp³-hybridized carbons (Fsp3) is 0.423. The molecule has 2 heterocycles. The van der Waals surface area contributed by atoms with E-state index in [0.717, 1.165) is 60.8 Å². The molecule has 2 fully saturated rings. The van der Waals surface area contributed by atoms with Crippen molar-refractivity contribution >= 4 is 47.4 Å². The second-order valence-electron chi connectivity index (χ2n) is 8.60. The molecule has 182 valence electrons. The minimum atomic E-state index is 0. The third kappa shape index (κ3) is 6.94. The Morgan fingerprint density at radius 3 is 2.32 bits per heavy atom. The van der Waals surface area contributed by atoms with Crippen LogP contribution in [0.25, 0.3) is 0 Å². The smallest absolute Gasteiger partial charge is 0.227 e.